The maximum atomic E-state index is 12.2. The fourth-order valence-electron chi connectivity index (χ4n) is 3.29. The average Bonchev–Trinajstić information content (AvgIpc) is 2.77. The molecule has 3 heteroatoms. The molecule has 2 aliphatic carbocycles. The van der Waals surface area contributed by atoms with Crippen LogP contribution in [0.15, 0.2) is 0 Å². The number of rotatable bonds is 4. The summed E-state index contributed by atoms with van der Waals surface area (Å²) in [5.41, 5.74) is -0.0670. The Hall–Kier alpha value is -0.0500. The van der Waals surface area contributed by atoms with Gasteiger partial charge in [0, 0.05) is 16.8 Å². The highest BCUT2D eigenvalue weighted by molar-refractivity contribution is 9.09. The largest absolute Gasteiger partial charge is 0.351 e. The van der Waals surface area contributed by atoms with Crippen molar-refractivity contribution in [3.63, 3.8) is 0 Å². The van der Waals surface area contributed by atoms with Crippen LogP contribution in [0.4, 0.5) is 0 Å². The van der Waals surface area contributed by atoms with Gasteiger partial charge < -0.3 is 5.32 Å². The van der Waals surface area contributed by atoms with E-state index >= 15 is 0 Å². The van der Waals surface area contributed by atoms with Crippen molar-refractivity contribution in [3.05, 3.63) is 0 Å². The van der Waals surface area contributed by atoms with Crippen molar-refractivity contribution in [2.45, 2.75) is 51.5 Å². The van der Waals surface area contributed by atoms with Crippen LogP contribution in [0.25, 0.3) is 0 Å². The number of alkyl halides is 1. The van der Waals surface area contributed by atoms with Crippen LogP contribution < -0.4 is 5.32 Å². The Balaban J connectivity index is 1.89. The van der Waals surface area contributed by atoms with Crippen LogP contribution in [-0.2, 0) is 4.79 Å². The first-order valence-electron chi connectivity index (χ1n) is 6.40. The number of hydrogen-bond donors (Lipinski definition) is 1. The van der Waals surface area contributed by atoms with E-state index in [0.29, 0.717) is 17.7 Å². The second kappa shape index (κ2) is 4.67. The number of hydrogen-bond acceptors (Lipinski definition) is 1. The van der Waals surface area contributed by atoms with Crippen LogP contribution in [0.1, 0.15) is 46.0 Å². The van der Waals surface area contributed by atoms with Crippen molar-refractivity contribution < 1.29 is 4.79 Å². The number of carbonyl (C=O) groups excluding carboxylic acids is 1. The minimum absolute atomic E-state index is 0.0670. The van der Waals surface area contributed by atoms with E-state index in [0.717, 1.165) is 24.1 Å². The molecule has 0 aromatic carbocycles. The minimum Gasteiger partial charge on any atom is -0.351 e. The zero-order valence-corrected chi connectivity index (χ0v) is 11.8. The molecule has 2 bridgehead atoms. The van der Waals surface area contributed by atoms with E-state index in [1.807, 2.05) is 0 Å². The molecule has 2 rings (SSSR count). The molecule has 3 atom stereocenters. The summed E-state index contributed by atoms with van der Waals surface area (Å²) < 4.78 is 0. The summed E-state index contributed by atoms with van der Waals surface area (Å²) in [5, 5.41) is 4.16. The molecule has 2 nitrogen and oxygen atoms in total. The molecule has 2 aliphatic rings. The molecule has 1 N–H and O–H groups in total. The van der Waals surface area contributed by atoms with Gasteiger partial charge >= 0.3 is 0 Å². The molecule has 92 valence electrons. The number of carbonyl (C=O) groups is 1. The molecule has 16 heavy (non-hydrogen) atoms. The normalized spacial score (nSPS) is 33.1. The number of nitrogens with one attached hydrogen (secondary N) is 1. The highest BCUT2D eigenvalue weighted by atomic mass is 79.9. The van der Waals surface area contributed by atoms with Gasteiger partial charge in [-0.2, -0.15) is 0 Å². The number of fused-ring (bicyclic) bond motifs is 2. The monoisotopic (exact) mass is 287 g/mol. The molecule has 0 aromatic rings. The Morgan fingerprint density at radius 3 is 2.62 bits per heavy atom. The Labute approximate surface area is 107 Å². The molecule has 3 unspecified atom stereocenters. The zero-order chi connectivity index (χ0) is 11.8. The van der Waals surface area contributed by atoms with Crippen LogP contribution in [0, 0.1) is 17.8 Å². The van der Waals surface area contributed by atoms with Gasteiger partial charge in [0.05, 0.1) is 0 Å². The van der Waals surface area contributed by atoms with Crippen LogP contribution in [-0.4, -0.2) is 16.8 Å². The van der Waals surface area contributed by atoms with Gasteiger partial charge in [0.2, 0.25) is 5.91 Å². The highest BCUT2D eigenvalue weighted by Crippen LogP contribution is 2.48. The summed E-state index contributed by atoms with van der Waals surface area (Å²) in [6.45, 7) is 4.22. The molecule has 0 aliphatic heterocycles. The van der Waals surface area contributed by atoms with E-state index in [-0.39, 0.29) is 5.54 Å². The Bertz CT molecular complexity index is 277. The van der Waals surface area contributed by atoms with Crippen LogP contribution in [0.3, 0.4) is 0 Å². The van der Waals surface area contributed by atoms with Crippen molar-refractivity contribution in [1.29, 1.82) is 0 Å². The summed E-state index contributed by atoms with van der Waals surface area (Å²) >= 11 is 3.44. The fourth-order valence-corrected chi connectivity index (χ4v) is 4.28. The van der Waals surface area contributed by atoms with E-state index in [1.165, 1.54) is 19.3 Å². The maximum absolute atomic E-state index is 12.2. The van der Waals surface area contributed by atoms with Gasteiger partial charge in [-0.3, -0.25) is 4.79 Å². The van der Waals surface area contributed by atoms with E-state index in [1.54, 1.807) is 0 Å². The van der Waals surface area contributed by atoms with Crippen LogP contribution in [0.5, 0.6) is 0 Å². The minimum atomic E-state index is -0.0670. The molecule has 0 spiro atoms. The highest BCUT2D eigenvalue weighted by Gasteiger charge is 2.43. The van der Waals surface area contributed by atoms with E-state index in [2.05, 4.69) is 35.1 Å². The number of amides is 1. The molecule has 2 fully saturated rings. The standard InChI is InChI=1S/C13H22BrNO/c1-13(2,5-6-14)15-12(16)11-8-9-3-4-10(11)7-9/h9-11H,3-8H2,1-2H3,(H,15,16). The lowest BCUT2D eigenvalue weighted by atomic mass is 9.87. The smallest absolute Gasteiger partial charge is 0.223 e. The summed E-state index contributed by atoms with van der Waals surface area (Å²) in [6, 6.07) is 0. The predicted octanol–water partition coefficient (Wildman–Crippen LogP) is 3.10. The quantitative estimate of drug-likeness (QED) is 0.791. The first-order valence-corrected chi connectivity index (χ1v) is 7.52. The van der Waals surface area contributed by atoms with Gasteiger partial charge in [0.25, 0.3) is 0 Å². The molecular formula is C13H22BrNO. The lowest BCUT2D eigenvalue weighted by Gasteiger charge is -2.29. The summed E-state index contributed by atoms with van der Waals surface area (Å²) in [5.74, 6) is 2.15. The van der Waals surface area contributed by atoms with Gasteiger partial charge in [-0.1, -0.05) is 22.4 Å². The van der Waals surface area contributed by atoms with Crippen molar-refractivity contribution in [3.8, 4) is 0 Å². The van der Waals surface area contributed by atoms with Gasteiger partial charge in [-0.25, -0.2) is 0 Å². The summed E-state index contributed by atoms with van der Waals surface area (Å²) in [6.07, 6.45) is 6.07. The molecular weight excluding hydrogens is 266 g/mol. The zero-order valence-electron chi connectivity index (χ0n) is 10.3. The molecule has 2 saturated carbocycles. The average molecular weight is 288 g/mol. The van der Waals surface area contributed by atoms with Gasteiger partial charge in [-0.15, -0.1) is 0 Å². The van der Waals surface area contributed by atoms with Gasteiger partial charge in [-0.05, 0) is 51.4 Å². The topological polar surface area (TPSA) is 29.1 Å². The Morgan fingerprint density at radius 1 is 1.38 bits per heavy atom. The van der Waals surface area contributed by atoms with E-state index < -0.39 is 0 Å². The van der Waals surface area contributed by atoms with Gasteiger partial charge in [0.1, 0.15) is 0 Å². The number of halogens is 1. The molecule has 1 amide bonds. The molecule has 0 saturated heterocycles. The maximum Gasteiger partial charge on any atom is 0.223 e. The van der Waals surface area contributed by atoms with Crippen molar-refractivity contribution in [2.24, 2.45) is 17.8 Å². The molecule has 0 heterocycles. The van der Waals surface area contributed by atoms with Crippen molar-refractivity contribution in [1.82, 2.24) is 5.32 Å². The lowest BCUT2D eigenvalue weighted by molar-refractivity contribution is -0.128. The van der Waals surface area contributed by atoms with Gasteiger partial charge in [0.15, 0.2) is 0 Å². The first-order chi connectivity index (χ1) is 7.52. The Kier molecular flexibility index (Phi) is 3.62. The second-order valence-corrected chi connectivity index (χ2v) is 6.89. The first kappa shape index (κ1) is 12.4. The summed E-state index contributed by atoms with van der Waals surface area (Å²) in [4.78, 5) is 12.2. The summed E-state index contributed by atoms with van der Waals surface area (Å²) in [7, 11) is 0. The second-order valence-electron chi connectivity index (χ2n) is 6.09. The third kappa shape index (κ3) is 2.61. The molecule has 0 radical (unpaired) electrons. The van der Waals surface area contributed by atoms with Crippen molar-refractivity contribution >= 4 is 21.8 Å². The molecule has 0 aromatic heterocycles. The van der Waals surface area contributed by atoms with Crippen LogP contribution >= 0.6 is 15.9 Å². The van der Waals surface area contributed by atoms with Crippen molar-refractivity contribution in [2.75, 3.05) is 5.33 Å². The lowest BCUT2D eigenvalue weighted by Crippen LogP contribution is -2.47. The third-order valence-corrected chi connectivity index (χ3v) is 4.65. The third-order valence-electron chi connectivity index (χ3n) is 4.26. The fraction of sp³-hybridized carbons (Fsp3) is 0.923. The predicted molar refractivity (Wildman–Crippen MR) is 69.6 cm³/mol. The van der Waals surface area contributed by atoms with Crippen LogP contribution in [0.2, 0.25) is 0 Å². The van der Waals surface area contributed by atoms with E-state index in [4.69, 9.17) is 0 Å². The van der Waals surface area contributed by atoms with E-state index in [9.17, 15) is 4.79 Å². The SMILES string of the molecule is CC(C)(CCBr)NC(=O)C1CC2CCC1C2. The Morgan fingerprint density at radius 2 is 2.12 bits per heavy atom.